The Labute approximate surface area is 186 Å². The summed E-state index contributed by atoms with van der Waals surface area (Å²) in [5.41, 5.74) is 0.929. The Morgan fingerprint density at radius 1 is 1.03 bits per heavy atom. The van der Waals surface area contributed by atoms with Gasteiger partial charge in [-0.3, -0.25) is 9.59 Å². The highest BCUT2D eigenvalue weighted by Gasteiger charge is 2.76. The van der Waals surface area contributed by atoms with Gasteiger partial charge in [-0.15, -0.1) is 0 Å². The van der Waals surface area contributed by atoms with Crippen molar-refractivity contribution >= 4 is 23.2 Å². The summed E-state index contributed by atoms with van der Waals surface area (Å²) in [5, 5.41) is 5.59. The number of alkyl halides is 7. The molecule has 0 bridgehead atoms. The Bertz CT molecular complexity index is 1150. The second-order valence-corrected chi connectivity index (χ2v) is 7.29. The number of anilines is 1. The molecule has 0 saturated heterocycles. The number of aryl methyl sites for hydroxylation is 1. The fraction of sp³-hybridized carbons (Fsp3) is 0.350. The third-order valence-corrected chi connectivity index (χ3v) is 4.98. The Hall–Kier alpha value is -3.45. The second kappa shape index (κ2) is 8.72. The number of carbonyl (C=O) groups excluding carboxylic acids is 2. The fourth-order valence-electron chi connectivity index (χ4n) is 3.25. The van der Waals surface area contributed by atoms with Crippen molar-refractivity contribution in [1.82, 2.24) is 5.43 Å². The molecule has 0 aliphatic heterocycles. The molecule has 6 nitrogen and oxygen atoms in total. The van der Waals surface area contributed by atoms with E-state index in [1.807, 2.05) is 0 Å². The third-order valence-electron chi connectivity index (χ3n) is 4.98. The molecule has 0 saturated carbocycles. The first-order valence-corrected chi connectivity index (χ1v) is 9.56. The molecule has 1 aromatic heterocycles. The van der Waals surface area contributed by atoms with Crippen LogP contribution in [0, 0.1) is 12.7 Å². The van der Waals surface area contributed by atoms with Crippen LogP contribution in [-0.4, -0.2) is 35.5 Å². The SMILES string of the molecule is Cc1c(C(=O)Nc2ccccc2F)oc2c1/C(=N/NC(=O)C(F)(F)C(F)(F)C(F)(F)F)CCC2. The minimum atomic E-state index is -6.68. The van der Waals surface area contributed by atoms with E-state index in [4.69, 9.17) is 4.42 Å². The first-order valence-electron chi connectivity index (χ1n) is 9.56. The monoisotopic (exact) mass is 497 g/mol. The molecule has 0 fully saturated rings. The molecule has 1 aliphatic rings. The molecule has 2 amide bonds. The number of fused-ring (bicyclic) bond motifs is 1. The Morgan fingerprint density at radius 3 is 2.29 bits per heavy atom. The zero-order valence-electron chi connectivity index (χ0n) is 17.1. The molecule has 1 heterocycles. The minimum Gasteiger partial charge on any atom is -0.455 e. The second-order valence-electron chi connectivity index (χ2n) is 7.29. The van der Waals surface area contributed by atoms with E-state index in [-0.39, 0.29) is 53.3 Å². The number of amides is 2. The van der Waals surface area contributed by atoms with Crippen LogP contribution in [0.3, 0.4) is 0 Å². The van der Waals surface area contributed by atoms with Crippen molar-refractivity contribution < 1.29 is 49.1 Å². The highest BCUT2D eigenvalue weighted by Crippen LogP contribution is 2.46. The van der Waals surface area contributed by atoms with Crippen molar-refractivity contribution in [2.75, 3.05) is 5.32 Å². The van der Waals surface area contributed by atoms with E-state index in [2.05, 4.69) is 10.4 Å². The van der Waals surface area contributed by atoms with Gasteiger partial charge in [0.15, 0.2) is 5.76 Å². The maximum absolute atomic E-state index is 13.8. The molecular weight excluding hydrogens is 482 g/mol. The summed E-state index contributed by atoms with van der Waals surface area (Å²) in [6.45, 7) is 1.37. The van der Waals surface area contributed by atoms with Crippen LogP contribution in [0.15, 0.2) is 33.8 Å². The third kappa shape index (κ3) is 4.35. The number of halogens is 8. The number of hydrogen-bond donors (Lipinski definition) is 2. The molecule has 0 spiro atoms. The summed E-state index contributed by atoms with van der Waals surface area (Å²) < 4.78 is 109. The lowest BCUT2D eigenvalue weighted by molar-refractivity contribution is -0.344. The Kier molecular flexibility index (Phi) is 6.46. The van der Waals surface area contributed by atoms with Gasteiger partial charge in [-0.25, -0.2) is 9.82 Å². The summed E-state index contributed by atoms with van der Waals surface area (Å²) in [7, 11) is 0. The maximum Gasteiger partial charge on any atom is 0.460 e. The summed E-state index contributed by atoms with van der Waals surface area (Å²) in [4.78, 5) is 24.0. The molecular formula is C20H15F8N3O3. The van der Waals surface area contributed by atoms with Crippen LogP contribution in [0.25, 0.3) is 0 Å². The van der Waals surface area contributed by atoms with Crippen molar-refractivity contribution in [1.29, 1.82) is 0 Å². The van der Waals surface area contributed by atoms with Crippen molar-refractivity contribution in [3.05, 3.63) is 52.7 Å². The van der Waals surface area contributed by atoms with Gasteiger partial charge in [0.05, 0.1) is 11.4 Å². The molecule has 3 rings (SSSR count). The van der Waals surface area contributed by atoms with Gasteiger partial charge < -0.3 is 9.73 Å². The lowest BCUT2D eigenvalue weighted by Crippen LogP contribution is -2.58. The fourth-order valence-corrected chi connectivity index (χ4v) is 3.25. The molecule has 0 atom stereocenters. The molecule has 1 aliphatic carbocycles. The largest absolute Gasteiger partial charge is 0.460 e. The van der Waals surface area contributed by atoms with Gasteiger partial charge in [0, 0.05) is 17.5 Å². The van der Waals surface area contributed by atoms with E-state index in [1.165, 1.54) is 25.1 Å². The van der Waals surface area contributed by atoms with Crippen LogP contribution in [0.2, 0.25) is 0 Å². The quantitative estimate of drug-likeness (QED) is 0.452. The van der Waals surface area contributed by atoms with E-state index in [0.717, 1.165) is 11.5 Å². The summed E-state index contributed by atoms with van der Waals surface area (Å²) in [5.74, 6) is -17.5. The van der Waals surface area contributed by atoms with Crippen LogP contribution in [-0.2, 0) is 11.2 Å². The van der Waals surface area contributed by atoms with Gasteiger partial charge in [-0.05, 0) is 31.9 Å². The number of rotatable bonds is 5. The first-order chi connectivity index (χ1) is 15.7. The number of furan rings is 1. The smallest absolute Gasteiger partial charge is 0.455 e. The molecule has 184 valence electrons. The number of nitrogens with zero attached hydrogens (tertiary/aromatic N) is 1. The number of nitrogens with one attached hydrogen (secondary N) is 2. The van der Waals surface area contributed by atoms with Crippen LogP contribution >= 0.6 is 0 Å². The van der Waals surface area contributed by atoms with Gasteiger partial charge >= 0.3 is 23.9 Å². The molecule has 1 aromatic carbocycles. The van der Waals surface area contributed by atoms with Gasteiger partial charge in [0.25, 0.3) is 5.91 Å². The minimum absolute atomic E-state index is 0.00324. The highest BCUT2D eigenvalue weighted by atomic mass is 19.4. The van der Waals surface area contributed by atoms with Crippen LogP contribution in [0.1, 0.15) is 40.3 Å². The number of para-hydroxylation sites is 1. The summed E-state index contributed by atoms with van der Waals surface area (Å²) >= 11 is 0. The van der Waals surface area contributed by atoms with E-state index in [9.17, 15) is 44.7 Å². The lowest BCUT2D eigenvalue weighted by Gasteiger charge is -2.26. The van der Waals surface area contributed by atoms with Crippen molar-refractivity contribution in [3.63, 3.8) is 0 Å². The van der Waals surface area contributed by atoms with Gasteiger partial charge in [-0.2, -0.15) is 35.8 Å². The maximum atomic E-state index is 13.8. The van der Waals surface area contributed by atoms with Gasteiger partial charge in [0.1, 0.15) is 11.6 Å². The summed E-state index contributed by atoms with van der Waals surface area (Å²) in [6.07, 6.45) is -6.15. The van der Waals surface area contributed by atoms with Crippen LogP contribution in [0.5, 0.6) is 0 Å². The number of benzene rings is 1. The zero-order chi connectivity index (χ0) is 25.5. The molecule has 0 radical (unpaired) electrons. The van der Waals surface area contributed by atoms with E-state index in [1.54, 1.807) is 0 Å². The summed E-state index contributed by atoms with van der Waals surface area (Å²) in [6, 6.07) is 5.24. The average molecular weight is 497 g/mol. The normalized spacial score (nSPS) is 15.7. The molecule has 2 N–H and O–H groups in total. The molecule has 14 heteroatoms. The zero-order valence-corrected chi connectivity index (χ0v) is 17.1. The Balaban J connectivity index is 1.86. The molecule has 2 aromatic rings. The van der Waals surface area contributed by atoms with E-state index < -0.39 is 35.7 Å². The highest BCUT2D eigenvalue weighted by molar-refractivity contribution is 6.09. The topological polar surface area (TPSA) is 83.7 Å². The van der Waals surface area contributed by atoms with Crippen LogP contribution < -0.4 is 10.7 Å². The van der Waals surface area contributed by atoms with Gasteiger partial charge in [-0.1, -0.05) is 12.1 Å². The van der Waals surface area contributed by atoms with Gasteiger partial charge in [0.2, 0.25) is 0 Å². The Morgan fingerprint density at radius 2 is 1.68 bits per heavy atom. The van der Waals surface area contributed by atoms with Crippen LogP contribution in [0.4, 0.5) is 40.8 Å². The number of hydrogen-bond acceptors (Lipinski definition) is 4. The van der Waals surface area contributed by atoms with E-state index in [0.29, 0.717) is 0 Å². The predicted octanol–water partition coefficient (Wildman–Crippen LogP) is 4.97. The molecule has 0 unspecified atom stereocenters. The number of hydrazone groups is 1. The van der Waals surface area contributed by atoms with E-state index >= 15 is 0 Å². The van der Waals surface area contributed by atoms with Crippen molar-refractivity contribution in [3.8, 4) is 0 Å². The standard InChI is InChI=1S/C20H15F8N3O3/c1-9-14-12(30-31-17(33)18(22,23)19(24,25)20(26,27)28)7-4-8-13(14)34-15(9)16(32)29-11-6-3-2-5-10(11)21/h2-3,5-6H,4,7-8H2,1H3,(H,29,32)(H,31,33)/b30-12+. The number of carbonyl (C=O) groups is 2. The molecule has 34 heavy (non-hydrogen) atoms. The predicted molar refractivity (Wildman–Crippen MR) is 101 cm³/mol. The van der Waals surface area contributed by atoms with Crippen molar-refractivity contribution in [2.24, 2.45) is 5.10 Å². The average Bonchev–Trinajstić information content (AvgIpc) is 3.10. The van der Waals surface area contributed by atoms with Crippen molar-refractivity contribution in [2.45, 2.75) is 44.2 Å². The lowest BCUT2D eigenvalue weighted by atomic mass is 9.93. The first kappa shape index (κ1) is 25.2.